The quantitative estimate of drug-likeness (QED) is 0.851. The number of nitrogens with one attached hydrogen (secondary N) is 1. The lowest BCUT2D eigenvalue weighted by molar-refractivity contribution is -0.274. The average Bonchev–Trinajstić information content (AvgIpc) is 2.91. The number of alkyl halides is 3. The van der Waals surface area contributed by atoms with Crippen molar-refractivity contribution in [2.24, 2.45) is 11.7 Å². The van der Waals surface area contributed by atoms with Gasteiger partial charge in [-0.15, -0.1) is 13.2 Å². The van der Waals surface area contributed by atoms with E-state index >= 15 is 0 Å². The van der Waals surface area contributed by atoms with E-state index in [1.165, 1.54) is 12.1 Å². The van der Waals surface area contributed by atoms with Crippen molar-refractivity contribution in [2.45, 2.75) is 56.3 Å². The number of rotatable bonds is 5. The monoisotopic (exact) mass is 356 g/mol. The van der Waals surface area contributed by atoms with Crippen LogP contribution in [0.4, 0.5) is 13.2 Å². The molecule has 2 saturated carbocycles. The Morgan fingerprint density at radius 3 is 2.60 bits per heavy atom. The molecule has 0 spiro atoms. The molecule has 3 rings (SSSR count). The van der Waals surface area contributed by atoms with Crippen LogP contribution in [0, 0.1) is 5.92 Å². The van der Waals surface area contributed by atoms with Crippen LogP contribution in [0.2, 0.25) is 0 Å². The second-order valence-corrected chi connectivity index (χ2v) is 7.13. The van der Waals surface area contributed by atoms with Crippen molar-refractivity contribution in [1.29, 1.82) is 0 Å². The molecule has 3 N–H and O–H groups in total. The van der Waals surface area contributed by atoms with Crippen molar-refractivity contribution in [3.05, 3.63) is 29.8 Å². The third kappa shape index (κ3) is 4.08. The molecule has 0 aliphatic heterocycles. The highest BCUT2D eigenvalue weighted by atomic mass is 19.4. The molecule has 25 heavy (non-hydrogen) atoms. The summed E-state index contributed by atoms with van der Waals surface area (Å²) in [4.78, 5) is 12.4. The zero-order chi connectivity index (χ0) is 18.1. The highest BCUT2D eigenvalue weighted by Gasteiger charge is 2.41. The van der Waals surface area contributed by atoms with Gasteiger partial charge >= 0.3 is 6.36 Å². The zero-order valence-electron chi connectivity index (χ0n) is 13.9. The minimum Gasteiger partial charge on any atom is -0.406 e. The molecule has 1 aromatic rings. The van der Waals surface area contributed by atoms with Crippen LogP contribution in [0.5, 0.6) is 5.75 Å². The van der Waals surface area contributed by atoms with E-state index in [-0.39, 0.29) is 29.0 Å². The first-order valence-electron chi connectivity index (χ1n) is 8.69. The third-order valence-corrected chi connectivity index (χ3v) is 5.50. The van der Waals surface area contributed by atoms with E-state index in [0.29, 0.717) is 6.54 Å². The van der Waals surface area contributed by atoms with Gasteiger partial charge in [-0.3, -0.25) is 4.79 Å². The fourth-order valence-electron chi connectivity index (χ4n) is 3.90. The van der Waals surface area contributed by atoms with Gasteiger partial charge in [0.2, 0.25) is 5.91 Å². The van der Waals surface area contributed by atoms with Gasteiger partial charge in [0.1, 0.15) is 5.75 Å². The largest absolute Gasteiger partial charge is 0.573 e. The maximum atomic E-state index is 12.4. The maximum absolute atomic E-state index is 12.4. The molecule has 0 heterocycles. The minimum absolute atomic E-state index is 0.0426. The third-order valence-electron chi connectivity index (χ3n) is 5.50. The lowest BCUT2D eigenvalue weighted by Crippen LogP contribution is -2.48. The molecular weight excluding hydrogens is 333 g/mol. The molecule has 2 aliphatic rings. The van der Waals surface area contributed by atoms with Crippen molar-refractivity contribution in [3.63, 3.8) is 0 Å². The second kappa shape index (κ2) is 6.86. The van der Waals surface area contributed by atoms with E-state index in [2.05, 4.69) is 10.1 Å². The summed E-state index contributed by atoms with van der Waals surface area (Å²) in [7, 11) is 0. The number of benzene rings is 1. The number of nitrogens with two attached hydrogens (primary N) is 1. The second-order valence-electron chi connectivity index (χ2n) is 7.13. The van der Waals surface area contributed by atoms with Crippen LogP contribution in [0.15, 0.2) is 24.3 Å². The van der Waals surface area contributed by atoms with Crippen molar-refractivity contribution < 1.29 is 22.7 Å². The molecule has 0 aromatic heterocycles. The smallest absolute Gasteiger partial charge is 0.406 e. The number of hydrogen-bond acceptors (Lipinski definition) is 3. The SMILES string of the molecule is N[C@@H]1CCC[C@@H]1C(=O)NCC1(c2cccc(OC(F)(F)F)c2)CCC1. The van der Waals surface area contributed by atoms with Crippen LogP contribution in [0.3, 0.4) is 0 Å². The number of halogens is 3. The van der Waals surface area contributed by atoms with E-state index < -0.39 is 6.36 Å². The van der Waals surface area contributed by atoms with Crippen LogP contribution >= 0.6 is 0 Å². The predicted octanol–water partition coefficient (Wildman–Crippen LogP) is 3.25. The van der Waals surface area contributed by atoms with Gasteiger partial charge in [-0.05, 0) is 43.4 Å². The summed E-state index contributed by atoms with van der Waals surface area (Å²) in [5, 5.41) is 2.98. The number of carbonyl (C=O) groups is 1. The Hall–Kier alpha value is -1.76. The summed E-state index contributed by atoms with van der Waals surface area (Å²) < 4.78 is 41.3. The standard InChI is InChI=1S/C18H23F3N2O2/c19-18(20,21)25-13-5-1-4-12(10-13)17(8-3-9-17)11-23-16(24)14-6-2-7-15(14)22/h1,4-5,10,14-15H,2-3,6-9,11,22H2,(H,23,24)/t14-,15+/m0/s1. The molecule has 1 amide bonds. The van der Waals surface area contributed by atoms with Crippen LogP contribution in [-0.2, 0) is 10.2 Å². The zero-order valence-corrected chi connectivity index (χ0v) is 13.9. The number of ether oxygens (including phenoxy) is 1. The van der Waals surface area contributed by atoms with Crippen molar-refractivity contribution in [3.8, 4) is 5.75 Å². The first kappa shape index (κ1) is 18.0. The Bertz CT molecular complexity index is 629. The normalized spacial score (nSPS) is 25.3. The summed E-state index contributed by atoms with van der Waals surface area (Å²) >= 11 is 0. The van der Waals surface area contributed by atoms with Gasteiger partial charge in [-0.25, -0.2) is 0 Å². The molecule has 0 unspecified atom stereocenters. The van der Waals surface area contributed by atoms with Gasteiger partial charge in [-0.2, -0.15) is 0 Å². The number of hydrogen-bond donors (Lipinski definition) is 2. The van der Waals surface area contributed by atoms with E-state index in [0.717, 1.165) is 44.1 Å². The summed E-state index contributed by atoms with van der Waals surface area (Å²) in [5.74, 6) is -0.420. The molecule has 0 bridgehead atoms. The lowest BCUT2D eigenvalue weighted by Gasteiger charge is -2.43. The fraction of sp³-hybridized carbons (Fsp3) is 0.611. The van der Waals surface area contributed by atoms with Crippen LogP contribution < -0.4 is 15.8 Å². The van der Waals surface area contributed by atoms with E-state index in [9.17, 15) is 18.0 Å². The fourth-order valence-corrected chi connectivity index (χ4v) is 3.90. The molecule has 4 nitrogen and oxygen atoms in total. The van der Waals surface area contributed by atoms with Crippen molar-refractivity contribution in [2.75, 3.05) is 6.54 Å². The van der Waals surface area contributed by atoms with Gasteiger partial charge in [-0.1, -0.05) is 25.0 Å². The Kier molecular flexibility index (Phi) is 4.95. The lowest BCUT2D eigenvalue weighted by atomic mass is 9.64. The highest BCUT2D eigenvalue weighted by Crippen LogP contribution is 2.44. The molecule has 138 valence electrons. The van der Waals surface area contributed by atoms with Crippen LogP contribution in [-0.4, -0.2) is 24.9 Å². The van der Waals surface area contributed by atoms with Crippen molar-refractivity contribution >= 4 is 5.91 Å². The molecule has 0 saturated heterocycles. The maximum Gasteiger partial charge on any atom is 0.573 e. The number of amides is 1. The van der Waals surface area contributed by atoms with E-state index in [1.54, 1.807) is 12.1 Å². The average molecular weight is 356 g/mol. The first-order valence-corrected chi connectivity index (χ1v) is 8.69. The van der Waals surface area contributed by atoms with E-state index in [1.807, 2.05) is 0 Å². The Labute approximate surface area is 144 Å². The molecule has 2 aliphatic carbocycles. The molecular formula is C18H23F3N2O2. The van der Waals surface area contributed by atoms with E-state index in [4.69, 9.17) is 5.73 Å². The summed E-state index contributed by atoms with van der Waals surface area (Å²) in [5.41, 5.74) is 6.43. The number of carbonyl (C=O) groups excluding carboxylic acids is 1. The van der Waals surface area contributed by atoms with Gasteiger partial charge in [0.05, 0.1) is 5.92 Å². The Morgan fingerprint density at radius 1 is 1.28 bits per heavy atom. The highest BCUT2D eigenvalue weighted by molar-refractivity contribution is 5.79. The van der Waals surface area contributed by atoms with Gasteiger partial charge in [0.25, 0.3) is 0 Å². The predicted molar refractivity (Wildman–Crippen MR) is 87.0 cm³/mol. The first-order chi connectivity index (χ1) is 11.8. The minimum atomic E-state index is -4.71. The Balaban J connectivity index is 1.68. The summed E-state index contributed by atoms with van der Waals surface area (Å²) in [6, 6.07) is 5.99. The van der Waals surface area contributed by atoms with Gasteiger partial charge < -0.3 is 15.8 Å². The van der Waals surface area contributed by atoms with Gasteiger partial charge in [0.15, 0.2) is 0 Å². The molecule has 0 radical (unpaired) electrons. The van der Waals surface area contributed by atoms with Crippen molar-refractivity contribution in [1.82, 2.24) is 5.32 Å². The molecule has 1 aromatic carbocycles. The molecule has 7 heteroatoms. The van der Waals surface area contributed by atoms with Gasteiger partial charge in [0, 0.05) is 18.0 Å². The molecule has 2 fully saturated rings. The Morgan fingerprint density at radius 2 is 2.04 bits per heavy atom. The summed E-state index contributed by atoms with van der Waals surface area (Å²) in [6.45, 7) is 0.421. The van der Waals surface area contributed by atoms with Crippen LogP contribution in [0.1, 0.15) is 44.1 Å². The molecule has 2 atom stereocenters. The van der Waals surface area contributed by atoms with Crippen LogP contribution in [0.25, 0.3) is 0 Å². The topological polar surface area (TPSA) is 64.4 Å². The summed E-state index contributed by atoms with van der Waals surface area (Å²) in [6.07, 6.45) is 0.566.